The minimum atomic E-state index is -0.784. The van der Waals surface area contributed by atoms with Gasteiger partial charge in [0.05, 0.1) is 30.8 Å². The van der Waals surface area contributed by atoms with Crippen LogP contribution in [0.5, 0.6) is 11.5 Å². The molecule has 1 atom stereocenters. The number of carbonyl (C=O) groups is 2. The molecular formula is C28H30N4O5S. The van der Waals surface area contributed by atoms with Crippen molar-refractivity contribution in [3.63, 3.8) is 0 Å². The van der Waals surface area contributed by atoms with E-state index >= 15 is 0 Å². The maximum Gasteiger partial charge on any atom is 0.266 e. The lowest BCUT2D eigenvalue weighted by Crippen LogP contribution is -2.36. The molecule has 10 heteroatoms. The molecule has 0 bridgehead atoms. The van der Waals surface area contributed by atoms with Crippen molar-refractivity contribution in [2.45, 2.75) is 33.2 Å². The number of aromatic nitrogens is 2. The van der Waals surface area contributed by atoms with Crippen LogP contribution >= 0.6 is 11.3 Å². The van der Waals surface area contributed by atoms with Crippen molar-refractivity contribution in [3.05, 3.63) is 80.7 Å². The number of hydrogen-bond acceptors (Lipinski definition) is 7. The van der Waals surface area contributed by atoms with Crippen LogP contribution in [0.25, 0.3) is 10.2 Å². The molecule has 198 valence electrons. The maximum atomic E-state index is 13.4. The summed E-state index contributed by atoms with van der Waals surface area (Å²) >= 11 is 1.16. The first-order valence-corrected chi connectivity index (χ1v) is 12.9. The first kappa shape index (κ1) is 26.9. The molecule has 0 aliphatic rings. The number of methoxy groups -OCH3 is 2. The summed E-state index contributed by atoms with van der Waals surface area (Å²) in [7, 11) is 3.15. The van der Waals surface area contributed by atoms with Gasteiger partial charge in [0, 0.05) is 12.2 Å². The van der Waals surface area contributed by atoms with Crippen molar-refractivity contribution in [2.75, 3.05) is 26.1 Å². The number of carbonyl (C=O) groups excluding carboxylic acids is 2. The van der Waals surface area contributed by atoms with Crippen LogP contribution in [0, 0.1) is 13.8 Å². The molecule has 2 aromatic carbocycles. The van der Waals surface area contributed by atoms with Gasteiger partial charge in [0.15, 0.2) is 11.5 Å². The first-order chi connectivity index (χ1) is 18.2. The molecule has 0 aliphatic carbocycles. The van der Waals surface area contributed by atoms with Gasteiger partial charge in [0.2, 0.25) is 5.91 Å². The van der Waals surface area contributed by atoms with Crippen LogP contribution in [0.3, 0.4) is 0 Å². The molecule has 4 aromatic rings. The van der Waals surface area contributed by atoms with E-state index in [9.17, 15) is 14.4 Å². The minimum absolute atomic E-state index is 0.299. The quantitative estimate of drug-likeness (QED) is 0.332. The number of ether oxygens (including phenoxy) is 2. The molecule has 0 aliphatic heterocycles. The fourth-order valence-corrected chi connectivity index (χ4v) is 5.20. The monoisotopic (exact) mass is 534 g/mol. The van der Waals surface area contributed by atoms with E-state index in [4.69, 9.17) is 9.47 Å². The van der Waals surface area contributed by atoms with Crippen molar-refractivity contribution in [1.29, 1.82) is 0 Å². The normalized spacial score (nSPS) is 11.7. The summed E-state index contributed by atoms with van der Waals surface area (Å²) in [6, 6.07) is 12.3. The van der Waals surface area contributed by atoms with Crippen molar-refractivity contribution >= 4 is 39.1 Å². The van der Waals surface area contributed by atoms with Crippen LogP contribution in [-0.4, -0.2) is 42.1 Å². The lowest BCUT2D eigenvalue weighted by Gasteiger charge is -2.15. The van der Waals surface area contributed by atoms with Gasteiger partial charge >= 0.3 is 0 Å². The molecule has 1 unspecified atom stereocenters. The van der Waals surface area contributed by atoms with Gasteiger partial charge in [0.25, 0.3) is 11.5 Å². The van der Waals surface area contributed by atoms with Gasteiger partial charge in [-0.2, -0.15) is 0 Å². The van der Waals surface area contributed by atoms with Gasteiger partial charge < -0.3 is 20.1 Å². The summed E-state index contributed by atoms with van der Waals surface area (Å²) in [5.74, 6) is 0.648. The molecule has 9 nitrogen and oxygen atoms in total. The SMILES string of the molecule is COc1ccc(CCNC(=O)C(C)n2cnc3sc(C(=O)Nc4ccccc4C)c(C)c3c2=O)cc1OC. The highest BCUT2D eigenvalue weighted by Gasteiger charge is 2.23. The lowest BCUT2D eigenvalue weighted by molar-refractivity contribution is -0.123. The molecule has 38 heavy (non-hydrogen) atoms. The van der Waals surface area contributed by atoms with E-state index in [-0.39, 0.29) is 17.4 Å². The molecule has 4 rings (SSSR count). The summed E-state index contributed by atoms with van der Waals surface area (Å²) in [6.07, 6.45) is 1.94. The molecule has 0 saturated heterocycles. The van der Waals surface area contributed by atoms with Gasteiger partial charge in [-0.25, -0.2) is 4.98 Å². The molecule has 0 saturated carbocycles. The summed E-state index contributed by atoms with van der Waals surface area (Å²) < 4.78 is 11.9. The maximum absolute atomic E-state index is 13.4. The van der Waals surface area contributed by atoms with Crippen LogP contribution in [0.4, 0.5) is 5.69 Å². The Morgan fingerprint density at radius 3 is 2.53 bits per heavy atom. The zero-order valence-corrected chi connectivity index (χ0v) is 22.8. The number of para-hydroxylation sites is 1. The Kier molecular flexibility index (Phi) is 8.11. The molecule has 2 heterocycles. The van der Waals surface area contributed by atoms with E-state index in [0.29, 0.717) is 50.8 Å². The average Bonchev–Trinajstić information content (AvgIpc) is 3.26. The van der Waals surface area contributed by atoms with Crippen LogP contribution in [0.15, 0.2) is 53.6 Å². The fourth-order valence-electron chi connectivity index (χ4n) is 4.16. The largest absolute Gasteiger partial charge is 0.493 e. The number of hydrogen-bond donors (Lipinski definition) is 2. The average molecular weight is 535 g/mol. The van der Waals surface area contributed by atoms with E-state index < -0.39 is 6.04 Å². The highest BCUT2D eigenvalue weighted by Crippen LogP contribution is 2.29. The molecular weight excluding hydrogens is 504 g/mol. The van der Waals surface area contributed by atoms with Crippen molar-refractivity contribution in [1.82, 2.24) is 14.9 Å². The van der Waals surface area contributed by atoms with Gasteiger partial charge in [0.1, 0.15) is 10.9 Å². The Hall–Kier alpha value is -4.18. The zero-order chi connectivity index (χ0) is 27.4. The number of benzene rings is 2. The summed E-state index contributed by atoms with van der Waals surface area (Å²) in [6.45, 7) is 5.67. The number of anilines is 1. The van der Waals surface area contributed by atoms with Gasteiger partial charge in [-0.05, 0) is 62.1 Å². The lowest BCUT2D eigenvalue weighted by atomic mass is 10.1. The topological polar surface area (TPSA) is 112 Å². The smallest absolute Gasteiger partial charge is 0.266 e. The minimum Gasteiger partial charge on any atom is -0.493 e. The highest BCUT2D eigenvalue weighted by molar-refractivity contribution is 7.20. The molecule has 0 fully saturated rings. The van der Waals surface area contributed by atoms with Gasteiger partial charge in [-0.15, -0.1) is 11.3 Å². The Balaban J connectivity index is 1.48. The van der Waals surface area contributed by atoms with Crippen molar-refractivity contribution < 1.29 is 19.1 Å². The predicted molar refractivity (Wildman–Crippen MR) is 149 cm³/mol. The van der Waals surface area contributed by atoms with Crippen molar-refractivity contribution in [2.24, 2.45) is 0 Å². The Bertz CT molecular complexity index is 1560. The molecule has 2 aromatic heterocycles. The summed E-state index contributed by atoms with van der Waals surface area (Å²) in [5.41, 5.74) is 2.80. The second-order valence-electron chi connectivity index (χ2n) is 8.87. The second kappa shape index (κ2) is 11.5. The molecule has 2 amide bonds. The van der Waals surface area contributed by atoms with Crippen LogP contribution in [0.2, 0.25) is 0 Å². The number of amides is 2. The van der Waals surface area contributed by atoms with E-state index in [2.05, 4.69) is 15.6 Å². The summed E-state index contributed by atoms with van der Waals surface area (Å²) in [5, 5.41) is 6.14. The number of fused-ring (bicyclic) bond motifs is 1. The number of nitrogens with one attached hydrogen (secondary N) is 2. The molecule has 0 radical (unpaired) electrons. The predicted octanol–water partition coefficient (Wildman–Crippen LogP) is 4.26. The third kappa shape index (κ3) is 5.40. The standard InChI is InChI=1S/C28H30N4O5S/c1-16-8-6-7-9-20(16)31-26(34)24-17(2)23-27(38-24)30-15-32(28(23)35)18(3)25(33)29-13-12-19-10-11-21(36-4)22(14-19)37-5/h6-11,14-15,18H,12-13H2,1-5H3,(H,29,33)(H,31,34). The molecule has 2 N–H and O–H groups in total. The molecule has 0 spiro atoms. The number of nitrogens with zero attached hydrogens (tertiary/aromatic N) is 2. The third-order valence-electron chi connectivity index (χ3n) is 6.43. The first-order valence-electron chi connectivity index (χ1n) is 12.1. The van der Waals surface area contributed by atoms with E-state index in [1.54, 1.807) is 28.1 Å². The Labute approximate surface area is 224 Å². The Morgan fingerprint density at radius 2 is 1.82 bits per heavy atom. The van der Waals surface area contributed by atoms with Crippen LogP contribution in [-0.2, 0) is 11.2 Å². The van der Waals surface area contributed by atoms with E-state index in [0.717, 1.165) is 22.5 Å². The van der Waals surface area contributed by atoms with Crippen LogP contribution < -0.4 is 25.7 Å². The van der Waals surface area contributed by atoms with Gasteiger partial charge in [-0.3, -0.25) is 19.0 Å². The van der Waals surface area contributed by atoms with Crippen molar-refractivity contribution in [3.8, 4) is 11.5 Å². The number of thiophene rings is 1. The zero-order valence-electron chi connectivity index (χ0n) is 22.0. The fraction of sp³-hybridized carbons (Fsp3) is 0.286. The Morgan fingerprint density at radius 1 is 1.08 bits per heavy atom. The third-order valence-corrected chi connectivity index (χ3v) is 7.63. The summed E-state index contributed by atoms with van der Waals surface area (Å²) in [4.78, 5) is 44.5. The second-order valence-corrected chi connectivity index (χ2v) is 9.87. The van der Waals surface area contributed by atoms with Gasteiger partial charge in [-0.1, -0.05) is 24.3 Å². The van der Waals surface area contributed by atoms with E-state index in [1.165, 1.54) is 10.9 Å². The number of aryl methyl sites for hydroxylation is 2. The van der Waals surface area contributed by atoms with E-state index in [1.807, 2.05) is 49.4 Å². The van der Waals surface area contributed by atoms with Crippen LogP contribution in [0.1, 0.15) is 39.3 Å². The highest BCUT2D eigenvalue weighted by atomic mass is 32.1. The number of rotatable bonds is 9.